The first kappa shape index (κ1) is 20.7. The Balaban J connectivity index is 1.61. The van der Waals surface area contributed by atoms with Crippen LogP contribution in [0.5, 0.6) is 0 Å². The van der Waals surface area contributed by atoms with Gasteiger partial charge in [-0.3, -0.25) is 0 Å². The van der Waals surface area contributed by atoms with E-state index in [1.165, 1.54) is 20.3 Å². The number of unbranched alkanes of at least 4 members (excludes halogenated alkanes) is 2. The molecule has 0 aliphatic heterocycles. The van der Waals surface area contributed by atoms with Crippen molar-refractivity contribution in [3.63, 3.8) is 0 Å². The van der Waals surface area contributed by atoms with E-state index < -0.39 is 5.60 Å². The number of benzene rings is 1. The number of amides is 1. The topological polar surface area (TPSA) is 64.1 Å². The zero-order valence-corrected chi connectivity index (χ0v) is 17.9. The van der Waals surface area contributed by atoms with Crippen molar-refractivity contribution >= 4 is 20.6 Å². The van der Waals surface area contributed by atoms with Crippen molar-refractivity contribution in [2.45, 2.75) is 65.4 Å². The Morgan fingerprint density at radius 3 is 2.46 bits per heavy atom. The van der Waals surface area contributed by atoms with Gasteiger partial charge in [0.1, 0.15) is 0 Å². The van der Waals surface area contributed by atoms with E-state index in [0.29, 0.717) is 21.0 Å². The van der Waals surface area contributed by atoms with Crippen LogP contribution < -0.4 is 5.32 Å². The maximum absolute atomic E-state index is 11.5. The van der Waals surface area contributed by atoms with Gasteiger partial charge in [0.05, 0.1) is 0 Å². The molecule has 0 saturated carbocycles. The molecule has 0 bridgehead atoms. The molecule has 0 fully saturated rings. The van der Waals surface area contributed by atoms with E-state index in [1.807, 2.05) is 20.8 Å². The molecule has 0 radical (unpaired) electrons. The molecule has 6 heteroatoms. The van der Waals surface area contributed by atoms with Crippen molar-refractivity contribution in [1.82, 2.24) is 15.5 Å². The molecule has 0 aliphatic carbocycles. The normalized spacial score (nSPS) is 11.4. The van der Waals surface area contributed by atoms with Crippen LogP contribution in [0.15, 0.2) is 24.3 Å². The van der Waals surface area contributed by atoms with Crippen LogP contribution >= 0.6 is 0 Å². The third kappa shape index (κ3) is 8.15. The second-order valence-electron chi connectivity index (χ2n) is 7.49. The van der Waals surface area contributed by atoms with E-state index in [2.05, 4.69) is 46.7 Å². The summed E-state index contributed by atoms with van der Waals surface area (Å²) >= 11 is 0.291. The summed E-state index contributed by atoms with van der Waals surface area (Å²) in [4.78, 5) is 11.5. The van der Waals surface area contributed by atoms with Crippen LogP contribution in [0.4, 0.5) is 4.79 Å². The Labute approximate surface area is 162 Å². The van der Waals surface area contributed by atoms with Gasteiger partial charge in [-0.15, -0.1) is 0 Å². The average molecular weight is 422 g/mol. The van der Waals surface area contributed by atoms with Gasteiger partial charge >= 0.3 is 162 Å². The Hall–Kier alpha value is -1.65. The Morgan fingerprint density at radius 1 is 1.08 bits per heavy atom. The van der Waals surface area contributed by atoms with Crippen LogP contribution in [0.25, 0.3) is 0 Å². The van der Waals surface area contributed by atoms with Gasteiger partial charge < -0.3 is 0 Å². The number of nitrogens with zero attached hydrogens (tertiary/aromatic N) is 2. The number of carbonyl (C=O) groups excluding carboxylic acids is 1. The third-order valence-electron chi connectivity index (χ3n) is 3.72. The van der Waals surface area contributed by atoms with E-state index in [-0.39, 0.29) is 6.09 Å². The summed E-state index contributed by atoms with van der Waals surface area (Å²) in [5.74, 6) is 0. The minimum atomic E-state index is -0.441. The molecule has 2 aromatic rings. The van der Waals surface area contributed by atoms with Crippen molar-refractivity contribution in [1.29, 1.82) is 0 Å². The number of aryl methyl sites for hydroxylation is 2. The fraction of sp³-hybridized carbons (Fsp3) is 0.550. The summed E-state index contributed by atoms with van der Waals surface area (Å²) in [5, 5.41) is 11.5. The van der Waals surface area contributed by atoms with Crippen molar-refractivity contribution < 1.29 is 9.53 Å². The van der Waals surface area contributed by atoms with Crippen molar-refractivity contribution in [2.75, 3.05) is 6.54 Å². The van der Waals surface area contributed by atoms with E-state index in [9.17, 15) is 4.79 Å². The standard InChI is InChI=1S/C20H29N3O2Se/c1-15-9-11-16(12-10-15)14-18-23-22-17(26-18)8-6-5-7-13-21-19(24)25-20(2,3)4/h9-12H,5-8,13-14H2,1-4H3,(H,21,24). The van der Waals surface area contributed by atoms with Gasteiger partial charge in [-0.25, -0.2) is 0 Å². The first-order valence-corrected chi connectivity index (χ1v) is 10.9. The van der Waals surface area contributed by atoms with Crippen molar-refractivity contribution in [3.8, 4) is 0 Å². The van der Waals surface area contributed by atoms with Crippen LogP contribution in [0.1, 0.15) is 60.3 Å². The summed E-state index contributed by atoms with van der Waals surface area (Å²) in [6, 6.07) is 8.63. The Kier molecular flexibility index (Phi) is 7.85. The molecule has 0 spiro atoms. The second kappa shape index (κ2) is 9.88. The quantitative estimate of drug-likeness (QED) is 0.521. The van der Waals surface area contributed by atoms with Gasteiger partial charge in [0.2, 0.25) is 0 Å². The minimum absolute atomic E-state index is 0.291. The molecule has 142 valence electrons. The van der Waals surface area contributed by atoms with Crippen molar-refractivity contribution in [2.24, 2.45) is 0 Å². The first-order chi connectivity index (χ1) is 12.3. The first-order valence-electron chi connectivity index (χ1n) is 9.15. The fourth-order valence-corrected chi connectivity index (χ4v) is 4.36. The molecular formula is C20H29N3O2Se. The molecule has 1 aromatic heterocycles. The van der Waals surface area contributed by atoms with Gasteiger partial charge in [-0.05, 0) is 0 Å². The molecule has 2 rings (SSSR count). The SMILES string of the molecule is Cc1ccc(Cc2nnc(CCCCCNC(=O)OC(C)(C)C)[se]2)cc1. The summed E-state index contributed by atoms with van der Waals surface area (Å²) in [7, 11) is 0. The summed E-state index contributed by atoms with van der Waals surface area (Å²) in [6.45, 7) is 8.36. The van der Waals surface area contributed by atoms with Gasteiger partial charge in [0.25, 0.3) is 0 Å². The van der Waals surface area contributed by atoms with Gasteiger partial charge in [0.15, 0.2) is 0 Å². The van der Waals surface area contributed by atoms with Crippen molar-refractivity contribution in [3.05, 3.63) is 44.5 Å². The van der Waals surface area contributed by atoms with Crippen LogP contribution in [0, 0.1) is 6.92 Å². The van der Waals surface area contributed by atoms with Gasteiger partial charge in [-0.2, -0.15) is 0 Å². The monoisotopic (exact) mass is 423 g/mol. The molecular weight excluding hydrogens is 393 g/mol. The Morgan fingerprint density at radius 2 is 1.77 bits per heavy atom. The number of carbonyl (C=O) groups is 1. The zero-order valence-electron chi connectivity index (χ0n) is 16.2. The number of hydrogen-bond acceptors (Lipinski definition) is 4. The molecule has 0 atom stereocenters. The maximum atomic E-state index is 11.5. The number of rotatable bonds is 8. The molecule has 5 nitrogen and oxygen atoms in total. The number of ether oxygens (including phenoxy) is 1. The molecule has 1 N–H and O–H groups in total. The number of aromatic nitrogens is 2. The summed E-state index contributed by atoms with van der Waals surface area (Å²) in [6.07, 6.45) is 4.69. The second-order valence-corrected chi connectivity index (χ2v) is 9.90. The summed E-state index contributed by atoms with van der Waals surface area (Å²) < 4.78 is 7.66. The predicted octanol–water partition coefficient (Wildman–Crippen LogP) is 3.67. The van der Waals surface area contributed by atoms with Crippen LogP contribution in [-0.4, -0.2) is 42.9 Å². The van der Waals surface area contributed by atoms with Crippen LogP contribution in [0.2, 0.25) is 0 Å². The van der Waals surface area contributed by atoms with E-state index in [4.69, 9.17) is 4.74 Å². The number of hydrogen-bond donors (Lipinski definition) is 1. The molecule has 1 amide bonds. The number of nitrogens with one attached hydrogen (secondary N) is 1. The average Bonchev–Trinajstić information content (AvgIpc) is 2.99. The number of alkyl carbamates (subject to hydrolysis) is 1. The molecule has 0 saturated heterocycles. The van der Waals surface area contributed by atoms with E-state index in [1.54, 1.807) is 0 Å². The van der Waals surface area contributed by atoms with E-state index >= 15 is 0 Å². The fourth-order valence-electron chi connectivity index (χ4n) is 2.42. The Bertz CT molecular complexity index is 690. The summed E-state index contributed by atoms with van der Waals surface area (Å²) in [5.41, 5.74) is 2.15. The molecule has 0 aliphatic rings. The predicted molar refractivity (Wildman–Crippen MR) is 105 cm³/mol. The molecule has 26 heavy (non-hydrogen) atoms. The zero-order chi connectivity index (χ0) is 19.0. The van der Waals surface area contributed by atoms with Gasteiger partial charge in [0, 0.05) is 0 Å². The van der Waals surface area contributed by atoms with E-state index in [0.717, 1.165) is 32.1 Å². The molecule has 0 unspecified atom stereocenters. The molecule has 1 aromatic carbocycles. The van der Waals surface area contributed by atoms with Gasteiger partial charge in [-0.1, -0.05) is 0 Å². The van der Waals surface area contributed by atoms with Crippen LogP contribution in [-0.2, 0) is 17.6 Å². The third-order valence-corrected chi connectivity index (χ3v) is 5.78. The van der Waals surface area contributed by atoms with Crippen LogP contribution in [0.3, 0.4) is 0 Å². The molecule has 1 heterocycles.